The Morgan fingerprint density at radius 2 is 1.85 bits per heavy atom. The molecule has 34 heavy (non-hydrogen) atoms. The molecule has 0 aliphatic heterocycles. The number of ether oxygens (including phenoxy) is 1. The number of hydrogen-bond acceptors (Lipinski definition) is 5. The molecule has 2 N–H and O–H groups in total. The zero-order chi connectivity index (χ0) is 23.7. The highest BCUT2D eigenvalue weighted by Gasteiger charge is 2.24. The van der Waals surface area contributed by atoms with Crippen molar-refractivity contribution in [2.75, 3.05) is 13.7 Å². The number of nitrogens with zero attached hydrogens (tertiary/aromatic N) is 3. The Labute approximate surface area is 205 Å². The van der Waals surface area contributed by atoms with E-state index in [4.69, 9.17) is 32.0 Å². The van der Waals surface area contributed by atoms with Gasteiger partial charge < -0.3 is 15.0 Å². The number of benzene rings is 3. The topological polar surface area (TPSA) is 83.0 Å². The van der Waals surface area contributed by atoms with E-state index in [1.807, 2.05) is 53.9 Å². The molecule has 0 aliphatic carbocycles. The van der Waals surface area contributed by atoms with E-state index in [-0.39, 0.29) is 6.04 Å². The van der Waals surface area contributed by atoms with Gasteiger partial charge in [0.2, 0.25) is 5.91 Å². The van der Waals surface area contributed by atoms with Gasteiger partial charge in [-0.05, 0) is 35.9 Å². The largest absolute Gasteiger partial charge is 0.382 e. The summed E-state index contributed by atoms with van der Waals surface area (Å²) in [5.74, 6) is 0.210. The molecule has 1 atom stereocenters. The van der Waals surface area contributed by atoms with Crippen LogP contribution < -0.4 is 5.73 Å². The van der Waals surface area contributed by atoms with E-state index in [1.54, 1.807) is 19.2 Å². The molecule has 0 saturated carbocycles. The van der Waals surface area contributed by atoms with E-state index in [9.17, 15) is 4.79 Å². The second-order valence-electron chi connectivity index (χ2n) is 7.80. The predicted molar refractivity (Wildman–Crippen MR) is 136 cm³/mol. The van der Waals surface area contributed by atoms with Gasteiger partial charge in [-0.3, -0.25) is 4.79 Å². The number of primary amides is 1. The third kappa shape index (κ3) is 4.21. The quantitative estimate of drug-likeness (QED) is 0.313. The molecule has 0 unspecified atom stereocenters. The van der Waals surface area contributed by atoms with Crippen molar-refractivity contribution < 1.29 is 9.53 Å². The summed E-state index contributed by atoms with van der Waals surface area (Å²) in [7, 11) is 1.68. The Hall–Kier alpha value is -3.52. The number of imidazole rings is 1. The molecular formula is C26H21ClN4O2S. The molecule has 6 nitrogen and oxygen atoms in total. The van der Waals surface area contributed by atoms with Crippen LogP contribution in [0, 0.1) is 0 Å². The summed E-state index contributed by atoms with van der Waals surface area (Å²) >= 11 is 7.56. The molecule has 5 aromatic rings. The third-order valence-corrected chi connectivity index (χ3v) is 6.72. The van der Waals surface area contributed by atoms with Gasteiger partial charge in [0.1, 0.15) is 0 Å². The molecular weight excluding hydrogens is 468 g/mol. The molecule has 8 heteroatoms. The Balaban J connectivity index is 1.70. The molecule has 0 fully saturated rings. The molecule has 0 spiro atoms. The zero-order valence-electron chi connectivity index (χ0n) is 18.3. The van der Waals surface area contributed by atoms with Crippen LogP contribution in [-0.2, 0) is 4.74 Å². The summed E-state index contributed by atoms with van der Waals surface area (Å²) in [5, 5.41) is 3.45. The standard InChI is InChI=1S/C26H21ClN4O2S/c1-33-14-23(17-5-3-2-4-6-17)31-22-12-9-18(24(28)32)13-20(22)29-25(31)26-30-21(15-34-26)16-7-10-19(27)11-8-16/h2-13,15,23H,14H2,1H3,(H2,28,32)/t23-/m1/s1. The lowest BCUT2D eigenvalue weighted by Gasteiger charge is -2.21. The highest BCUT2D eigenvalue weighted by atomic mass is 35.5. The summed E-state index contributed by atoms with van der Waals surface area (Å²) in [6, 6.07) is 22.9. The van der Waals surface area contributed by atoms with Gasteiger partial charge in [-0.2, -0.15) is 0 Å². The van der Waals surface area contributed by atoms with Crippen LogP contribution in [0.25, 0.3) is 33.1 Å². The minimum atomic E-state index is -0.492. The minimum Gasteiger partial charge on any atom is -0.382 e. The molecule has 0 bridgehead atoms. The van der Waals surface area contributed by atoms with Crippen LogP contribution >= 0.6 is 22.9 Å². The van der Waals surface area contributed by atoms with Gasteiger partial charge in [0.15, 0.2) is 10.8 Å². The molecule has 0 saturated heterocycles. The third-order valence-electron chi connectivity index (χ3n) is 5.63. The summed E-state index contributed by atoms with van der Waals surface area (Å²) in [4.78, 5) is 21.6. The Bertz CT molecular complexity index is 1460. The summed E-state index contributed by atoms with van der Waals surface area (Å²) in [6.07, 6.45) is 0. The number of methoxy groups -OCH3 is 1. The number of rotatable bonds is 7. The van der Waals surface area contributed by atoms with Crippen LogP contribution in [0.5, 0.6) is 0 Å². The number of hydrogen-bond donors (Lipinski definition) is 1. The molecule has 170 valence electrons. The Morgan fingerprint density at radius 1 is 1.09 bits per heavy atom. The van der Waals surface area contributed by atoms with E-state index in [0.29, 0.717) is 28.5 Å². The lowest BCUT2D eigenvalue weighted by Crippen LogP contribution is -2.17. The van der Waals surface area contributed by atoms with E-state index < -0.39 is 5.91 Å². The van der Waals surface area contributed by atoms with E-state index in [1.165, 1.54) is 11.3 Å². The van der Waals surface area contributed by atoms with E-state index in [0.717, 1.165) is 27.3 Å². The van der Waals surface area contributed by atoms with Crippen molar-refractivity contribution >= 4 is 39.9 Å². The van der Waals surface area contributed by atoms with Crippen LogP contribution in [0.2, 0.25) is 5.02 Å². The van der Waals surface area contributed by atoms with Crippen molar-refractivity contribution in [3.63, 3.8) is 0 Å². The van der Waals surface area contributed by atoms with Crippen LogP contribution in [0.1, 0.15) is 22.0 Å². The molecule has 3 aromatic carbocycles. The second-order valence-corrected chi connectivity index (χ2v) is 9.09. The van der Waals surface area contributed by atoms with Crippen LogP contribution in [-0.4, -0.2) is 34.2 Å². The van der Waals surface area contributed by atoms with E-state index in [2.05, 4.69) is 16.7 Å². The molecule has 5 rings (SSSR count). The van der Waals surface area contributed by atoms with Crippen molar-refractivity contribution in [2.24, 2.45) is 5.73 Å². The molecule has 0 aliphatic rings. The maximum absolute atomic E-state index is 11.8. The zero-order valence-corrected chi connectivity index (χ0v) is 19.9. The molecule has 2 aromatic heterocycles. The van der Waals surface area contributed by atoms with Gasteiger partial charge in [-0.1, -0.05) is 54.1 Å². The van der Waals surface area contributed by atoms with Crippen LogP contribution in [0.4, 0.5) is 0 Å². The van der Waals surface area contributed by atoms with Gasteiger partial charge in [0.05, 0.1) is 29.4 Å². The summed E-state index contributed by atoms with van der Waals surface area (Å²) < 4.78 is 7.75. The van der Waals surface area contributed by atoms with Gasteiger partial charge in [0.25, 0.3) is 0 Å². The number of nitrogens with two attached hydrogens (primary N) is 1. The van der Waals surface area contributed by atoms with Gasteiger partial charge in [0, 0.05) is 28.6 Å². The lowest BCUT2D eigenvalue weighted by molar-refractivity contribution is 0.100. The molecule has 2 heterocycles. The number of thiazole rings is 1. The molecule has 1 amide bonds. The lowest BCUT2D eigenvalue weighted by atomic mass is 10.1. The Morgan fingerprint density at radius 3 is 2.56 bits per heavy atom. The first-order chi connectivity index (χ1) is 16.5. The van der Waals surface area contributed by atoms with Gasteiger partial charge >= 0.3 is 0 Å². The first-order valence-corrected chi connectivity index (χ1v) is 11.9. The smallest absolute Gasteiger partial charge is 0.248 e. The highest BCUT2D eigenvalue weighted by Crippen LogP contribution is 2.35. The fourth-order valence-electron chi connectivity index (χ4n) is 4.00. The average molecular weight is 489 g/mol. The number of halogens is 1. The molecule has 0 radical (unpaired) electrons. The normalized spacial score (nSPS) is 12.2. The summed E-state index contributed by atoms with van der Waals surface area (Å²) in [5.41, 5.74) is 10.4. The number of aromatic nitrogens is 3. The average Bonchev–Trinajstić information content (AvgIpc) is 3.48. The fraction of sp³-hybridized carbons (Fsp3) is 0.115. The SMILES string of the molecule is COC[C@H](c1ccccc1)n1c(-c2nc(-c3ccc(Cl)cc3)cs2)nc2cc(C(N)=O)ccc21. The van der Waals surface area contributed by atoms with Gasteiger partial charge in [-0.15, -0.1) is 11.3 Å². The van der Waals surface area contributed by atoms with Crippen molar-refractivity contribution in [3.8, 4) is 22.1 Å². The number of carbonyl (C=O) groups is 1. The first kappa shape index (κ1) is 22.3. The maximum Gasteiger partial charge on any atom is 0.248 e. The first-order valence-electron chi connectivity index (χ1n) is 10.6. The van der Waals surface area contributed by atoms with Gasteiger partial charge in [-0.25, -0.2) is 9.97 Å². The number of amides is 1. The van der Waals surface area contributed by atoms with Crippen molar-refractivity contribution in [1.29, 1.82) is 0 Å². The van der Waals surface area contributed by atoms with E-state index >= 15 is 0 Å². The second kappa shape index (κ2) is 9.38. The maximum atomic E-state index is 11.8. The van der Waals surface area contributed by atoms with Crippen molar-refractivity contribution in [1.82, 2.24) is 14.5 Å². The van der Waals surface area contributed by atoms with Crippen LogP contribution in [0.3, 0.4) is 0 Å². The highest BCUT2D eigenvalue weighted by molar-refractivity contribution is 7.13. The van der Waals surface area contributed by atoms with Crippen LogP contribution in [0.15, 0.2) is 78.2 Å². The van der Waals surface area contributed by atoms with Crippen molar-refractivity contribution in [2.45, 2.75) is 6.04 Å². The fourth-order valence-corrected chi connectivity index (χ4v) is 4.94. The number of carbonyl (C=O) groups excluding carboxylic acids is 1. The number of fused-ring (bicyclic) bond motifs is 1. The summed E-state index contributed by atoms with van der Waals surface area (Å²) in [6.45, 7) is 0.440. The van der Waals surface area contributed by atoms with Crippen molar-refractivity contribution in [3.05, 3.63) is 94.3 Å². The Kier molecular flexibility index (Phi) is 6.15. The predicted octanol–water partition coefficient (Wildman–Crippen LogP) is 5.81. The minimum absolute atomic E-state index is 0.145. The monoisotopic (exact) mass is 488 g/mol.